The number of rotatable bonds is 3. The maximum atomic E-state index is 10.6. The highest BCUT2D eigenvalue weighted by Crippen LogP contribution is 2.02. The second-order valence-corrected chi connectivity index (χ2v) is 4.25. The van der Waals surface area contributed by atoms with Gasteiger partial charge in [0.25, 0.3) is 0 Å². The third kappa shape index (κ3) is 3.99. The highest BCUT2D eigenvalue weighted by Gasteiger charge is 2.08. The first kappa shape index (κ1) is 12.8. The van der Waals surface area contributed by atoms with Crippen molar-refractivity contribution in [2.24, 2.45) is 0 Å². The van der Waals surface area contributed by atoms with Crippen LogP contribution in [-0.4, -0.2) is 44.0 Å². The lowest BCUT2D eigenvalue weighted by atomic mass is 10.1. The molecule has 94 valence electrons. The normalized spacial score (nSPS) is 15.8. The molecule has 0 aromatic heterocycles. The van der Waals surface area contributed by atoms with Gasteiger partial charge in [0, 0.05) is 37.2 Å². The molecule has 0 spiro atoms. The highest BCUT2D eigenvalue weighted by atomic mass is 16.5. The molecule has 18 heavy (non-hydrogen) atoms. The zero-order valence-electron chi connectivity index (χ0n) is 10.4. The molecule has 1 saturated heterocycles. The fourth-order valence-corrected chi connectivity index (χ4v) is 1.89. The molecule has 0 aliphatic carbocycles. The van der Waals surface area contributed by atoms with Crippen LogP contribution in [0.4, 0.5) is 0 Å². The third-order valence-electron chi connectivity index (χ3n) is 2.91. The molecule has 3 heteroatoms. The van der Waals surface area contributed by atoms with Crippen LogP contribution in [0.25, 0.3) is 0 Å². The van der Waals surface area contributed by atoms with E-state index < -0.39 is 0 Å². The number of benzene rings is 1. The molecule has 0 atom stereocenters. The summed E-state index contributed by atoms with van der Waals surface area (Å²) in [4.78, 5) is 13.0. The van der Waals surface area contributed by atoms with Gasteiger partial charge in [0.2, 0.25) is 0 Å². The largest absolute Gasteiger partial charge is 0.379 e. The number of hydrogen-bond acceptors (Lipinski definition) is 3. The van der Waals surface area contributed by atoms with E-state index in [4.69, 9.17) is 4.74 Å². The Hall–Kier alpha value is -1.63. The Morgan fingerprint density at radius 2 is 2.17 bits per heavy atom. The van der Waals surface area contributed by atoms with Crippen molar-refractivity contribution in [2.75, 3.05) is 32.8 Å². The van der Waals surface area contributed by atoms with Crippen molar-refractivity contribution in [3.05, 3.63) is 35.4 Å². The van der Waals surface area contributed by atoms with Gasteiger partial charge >= 0.3 is 0 Å². The van der Waals surface area contributed by atoms with Crippen LogP contribution in [-0.2, 0) is 4.74 Å². The van der Waals surface area contributed by atoms with Crippen molar-refractivity contribution in [3.63, 3.8) is 0 Å². The fraction of sp³-hybridized carbons (Fsp3) is 0.400. The minimum atomic E-state index is 0.676. The number of aldehydes is 1. The molecule has 1 aliphatic rings. The Morgan fingerprint density at radius 1 is 1.33 bits per heavy atom. The van der Waals surface area contributed by atoms with Gasteiger partial charge in [-0.15, -0.1) is 0 Å². The predicted octanol–water partition coefficient (Wildman–Crippen LogP) is 1.57. The summed E-state index contributed by atoms with van der Waals surface area (Å²) in [6.45, 7) is 4.65. The molecule has 1 aliphatic heterocycles. The maximum Gasteiger partial charge on any atom is 0.150 e. The minimum Gasteiger partial charge on any atom is -0.379 e. The van der Waals surface area contributed by atoms with Gasteiger partial charge in [0.05, 0.1) is 13.2 Å². The summed E-state index contributed by atoms with van der Waals surface area (Å²) < 4.78 is 5.29. The van der Waals surface area contributed by atoms with Crippen LogP contribution < -0.4 is 0 Å². The predicted molar refractivity (Wildman–Crippen MR) is 70.6 cm³/mol. The summed E-state index contributed by atoms with van der Waals surface area (Å²) in [5.41, 5.74) is 1.58. The van der Waals surface area contributed by atoms with Gasteiger partial charge in [-0.2, -0.15) is 0 Å². The summed E-state index contributed by atoms with van der Waals surface area (Å²) in [6.07, 6.45) is 1.70. The number of hydrogen-bond donors (Lipinski definition) is 0. The Labute approximate surface area is 108 Å². The smallest absolute Gasteiger partial charge is 0.150 e. The van der Waals surface area contributed by atoms with E-state index >= 15 is 0 Å². The Kier molecular flexibility index (Phi) is 4.95. The van der Waals surface area contributed by atoms with Crippen LogP contribution in [0.5, 0.6) is 0 Å². The van der Waals surface area contributed by atoms with Crippen LogP contribution >= 0.6 is 0 Å². The molecular weight excluding hydrogens is 226 g/mol. The topological polar surface area (TPSA) is 29.5 Å². The second-order valence-electron chi connectivity index (χ2n) is 4.25. The van der Waals surface area contributed by atoms with E-state index in [1.165, 1.54) is 0 Å². The van der Waals surface area contributed by atoms with Crippen LogP contribution in [0.15, 0.2) is 24.3 Å². The van der Waals surface area contributed by atoms with Crippen molar-refractivity contribution in [2.45, 2.75) is 6.42 Å². The Balaban J connectivity index is 1.81. The fourth-order valence-electron chi connectivity index (χ4n) is 1.89. The quantitative estimate of drug-likeness (QED) is 0.596. The summed E-state index contributed by atoms with van der Waals surface area (Å²) in [6, 6.07) is 7.38. The van der Waals surface area contributed by atoms with E-state index in [0.717, 1.165) is 51.1 Å². The molecule has 0 unspecified atom stereocenters. The molecule has 1 fully saturated rings. The molecule has 0 radical (unpaired) electrons. The van der Waals surface area contributed by atoms with Crippen LogP contribution in [0.2, 0.25) is 0 Å². The molecule has 0 saturated carbocycles. The lowest BCUT2D eigenvalue weighted by Crippen LogP contribution is -2.36. The van der Waals surface area contributed by atoms with E-state index in [9.17, 15) is 4.79 Å². The number of morpholine rings is 1. The van der Waals surface area contributed by atoms with Gasteiger partial charge in [-0.1, -0.05) is 24.0 Å². The van der Waals surface area contributed by atoms with Crippen molar-refractivity contribution < 1.29 is 9.53 Å². The molecule has 2 rings (SSSR count). The number of nitrogens with zero attached hydrogens (tertiary/aromatic N) is 1. The second kappa shape index (κ2) is 6.95. The first-order valence-corrected chi connectivity index (χ1v) is 6.23. The first-order valence-electron chi connectivity index (χ1n) is 6.23. The molecule has 0 bridgehead atoms. The Bertz CT molecular complexity index is 453. The standard InChI is InChI=1S/C15H17NO2/c17-13-15-6-3-5-14(12-15)4-1-2-7-16-8-10-18-11-9-16/h3,5-6,12-13H,2,7-11H2. The Morgan fingerprint density at radius 3 is 2.94 bits per heavy atom. The van der Waals surface area contributed by atoms with E-state index in [1.54, 1.807) is 6.07 Å². The van der Waals surface area contributed by atoms with Gasteiger partial charge in [0.1, 0.15) is 6.29 Å². The maximum absolute atomic E-state index is 10.6. The van der Waals surface area contributed by atoms with Crippen LogP contribution in [0.3, 0.4) is 0 Å². The molecule has 0 N–H and O–H groups in total. The minimum absolute atomic E-state index is 0.676. The van der Waals surface area contributed by atoms with Crippen LogP contribution in [0, 0.1) is 11.8 Å². The zero-order chi connectivity index (χ0) is 12.6. The third-order valence-corrected chi connectivity index (χ3v) is 2.91. The number of ether oxygens (including phenoxy) is 1. The highest BCUT2D eigenvalue weighted by molar-refractivity contribution is 5.75. The van der Waals surface area contributed by atoms with Gasteiger partial charge in [-0.3, -0.25) is 9.69 Å². The molecule has 1 aromatic rings. The van der Waals surface area contributed by atoms with Crippen molar-refractivity contribution >= 4 is 6.29 Å². The SMILES string of the molecule is O=Cc1cccc(C#CCCN2CCOCC2)c1. The average molecular weight is 243 g/mol. The lowest BCUT2D eigenvalue weighted by Gasteiger charge is -2.25. The number of carbonyl (C=O) groups excluding carboxylic acids is 1. The molecule has 3 nitrogen and oxygen atoms in total. The van der Waals surface area contributed by atoms with Gasteiger partial charge in [0.15, 0.2) is 0 Å². The average Bonchev–Trinajstić information content (AvgIpc) is 2.45. The molecular formula is C15H17NO2. The van der Waals surface area contributed by atoms with E-state index in [1.807, 2.05) is 18.2 Å². The van der Waals surface area contributed by atoms with Crippen molar-refractivity contribution in [1.82, 2.24) is 4.90 Å². The lowest BCUT2D eigenvalue weighted by molar-refractivity contribution is 0.0390. The zero-order valence-corrected chi connectivity index (χ0v) is 10.4. The first-order chi connectivity index (χ1) is 8.88. The number of carbonyl (C=O) groups is 1. The monoisotopic (exact) mass is 243 g/mol. The van der Waals surface area contributed by atoms with E-state index in [-0.39, 0.29) is 0 Å². The van der Waals surface area contributed by atoms with Gasteiger partial charge < -0.3 is 4.74 Å². The van der Waals surface area contributed by atoms with E-state index in [0.29, 0.717) is 5.56 Å². The van der Waals surface area contributed by atoms with Gasteiger partial charge in [-0.05, 0) is 12.1 Å². The summed E-state index contributed by atoms with van der Waals surface area (Å²) in [5, 5.41) is 0. The van der Waals surface area contributed by atoms with E-state index in [2.05, 4.69) is 16.7 Å². The summed E-state index contributed by atoms with van der Waals surface area (Å²) in [7, 11) is 0. The molecule has 1 heterocycles. The van der Waals surface area contributed by atoms with Crippen LogP contribution in [0.1, 0.15) is 22.3 Å². The summed E-state index contributed by atoms with van der Waals surface area (Å²) >= 11 is 0. The molecule has 0 amide bonds. The van der Waals surface area contributed by atoms with Crippen molar-refractivity contribution in [1.29, 1.82) is 0 Å². The summed E-state index contributed by atoms with van der Waals surface area (Å²) in [5.74, 6) is 6.24. The molecule has 1 aromatic carbocycles. The van der Waals surface area contributed by atoms with Crippen molar-refractivity contribution in [3.8, 4) is 11.8 Å². The van der Waals surface area contributed by atoms with Gasteiger partial charge in [-0.25, -0.2) is 0 Å².